The molecule has 0 aliphatic rings. The number of aromatic nitrogens is 3. The molecule has 7 heteroatoms. The van der Waals surface area contributed by atoms with Crippen molar-refractivity contribution in [3.8, 4) is 11.4 Å². The van der Waals surface area contributed by atoms with Gasteiger partial charge in [0, 0.05) is 29.7 Å². The van der Waals surface area contributed by atoms with E-state index in [1.54, 1.807) is 17.7 Å². The van der Waals surface area contributed by atoms with Crippen molar-refractivity contribution >= 4 is 22.3 Å². The van der Waals surface area contributed by atoms with Gasteiger partial charge in [0.05, 0.1) is 17.1 Å². The van der Waals surface area contributed by atoms with E-state index in [9.17, 15) is 9.35 Å². The topological polar surface area (TPSA) is 82.9 Å². The zero-order chi connectivity index (χ0) is 20.6. The van der Waals surface area contributed by atoms with Crippen molar-refractivity contribution in [2.24, 2.45) is 7.05 Å². The molecule has 2 aromatic heterocycles. The molecule has 0 saturated carbocycles. The maximum Gasteiger partial charge on any atom is 0.261 e. The largest absolute Gasteiger partial charge is 0.598 e. The molecule has 1 aromatic carbocycles. The number of benzene rings is 1. The molecule has 2 heterocycles. The van der Waals surface area contributed by atoms with Gasteiger partial charge in [0.25, 0.3) is 5.56 Å². The second-order valence-electron chi connectivity index (χ2n) is 7.93. The fourth-order valence-corrected chi connectivity index (χ4v) is 3.76. The number of hydrogen-bond donors (Lipinski definition) is 1. The van der Waals surface area contributed by atoms with Gasteiger partial charge in [-0.25, -0.2) is 4.98 Å². The molecule has 0 amide bonds. The van der Waals surface area contributed by atoms with Crippen molar-refractivity contribution in [3.05, 3.63) is 58.1 Å². The number of nitrogens with one attached hydrogen (secondary N) is 1. The van der Waals surface area contributed by atoms with Gasteiger partial charge in [0.15, 0.2) is 0 Å². The van der Waals surface area contributed by atoms with Crippen LogP contribution in [-0.4, -0.2) is 23.8 Å². The second-order valence-corrected chi connectivity index (χ2v) is 9.93. The van der Waals surface area contributed by atoms with E-state index in [-0.39, 0.29) is 11.6 Å². The van der Waals surface area contributed by atoms with Crippen LogP contribution in [0.2, 0.25) is 0 Å². The molecule has 0 aliphatic carbocycles. The summed E-state index contributed by atoms with van der Waals surface area (Å²) in [6.45, 7) is 9.47. The second kappa shape index (κ2) is 7.66. The van der Waals surface area contributed by atoms with Crippen LogP contribution in [0, 0.1) is 6.92 Å². The highest BCUT2D eigenvalue weighted by atomic mass is 32.2. The Labute approximate surface area is 168 Å². The first-order chi connectivity index (χ1) is 13.1. The summed E-state index contributed by atoms with van der Waals surface area (Å²) in [4.78, 5) is 22.5. The van der Waals surface area contributed by atoms with Gasteiger partial charge in [-0.3, -0.25) is 14.3 Å². The third kappa shape index (κ3) is 3.97. The van der Waals surface area contributed by atoms with E-state index in [0.717, 1.165) is 11.3 Å². The van der Waals surface area contributed by atoms with Crippen molar-refractivity contribution in [2.45, 2.75) is 45.4 Å². The minimum Gasteiger partial charge on any atom is -0.598 e. The van der Waals surface area contributed by atoms with Crippen LogP contribution in [0.5, 0.6) is 0 Å². The van der Waals surface area contributed by atoms with E-state index >= 15 is 0 Å². The molecule has 0 spiro atoms. The number of nitrogens with zero attached hydrogens (tertiary/aromatic N) is 3. The Bertz CT molecular complexity index is 1060. The summed E-state index contributed by atoms with van der Waals surface area (Å²) in [5, 5.41) is 0.514. The van der Waals surface area contributed by atoms with Crippen LogP contribution < -0.4 is 10.3 Å². The fraction of sp³-hybridized carbons (Fsp3) is 0.381. The quantitative estimate of drug-likeness (QED) is 0.681. The van der Waals surface area contributed by atoms with E-state index in [0.29, 0.717) is 22.4 Å². The molecule has 0 bridgehead atoms. The van der Waals surface area contributed by atoms with Gasteiger partial charge in [0.2, 0.25) is 0 Å². The first-order valence-corrected chi connectivity index (χ1v) is 10.4. The van der Waals surface area contributed by atoms with Crippen molar-refractivity contribution in [2.75, 3.05) is 0 Å². The van der Waals surface area contributed by atoms with Crippen LogP contribution in [0.25, 0.3) is 22.3 Å². The van der Waals surface area contributed by atoms with Gasteiger partial charge in [-0.1, -0.05) is 30.3 Å². The molecule has 28 heavy (non-hydrogen) atoms. The van der Waals surface area contributed by atoms with E-state index in [1.807, 2.05) is 65.0 Å². The SMILES string of the molecule is Cc1cc2c(=O)n(C)c(-c3ccccc3)nc2c(C(C)N[S+]([O-])C(C)(C)C)n1. The first-order valence-electron chi connectivity index (χ1n) is 9.21. The molecule has 2 atom stereocenters. The first kappa shape index (κ1) is 20.5. The van der Waals surface area contributed by atoms with E-state index < -0.39 is 16.1 Å². The van der Waals surface area contributed by atoms with Crippen LogP contribution >= 0.6 is 0 Å². The molecule has 0 aliphatic heterocycles. The standard InChI is InChI=1S/C21H26N4O2S/c1-13-12-16-18(17(22-13)14(2)24-28(27)21(3,4)5)23-19(25(6)20(16)26)15-10-8-7-9-11-15/h7-12,14,24H,1-6H3. The molecule has 1 N–H and O–H groups in total. The van der Waals surface area contributed by atoms with Crippen molar-refractivity contribution in [3.63, 3.8) is 0 Å². The molecule has 0 fully saturated rings. The number of fused-ring (bicyclic) bond motifs is 1. The molecule has 6 nitrogen and oxygen atoms in total. The molecule has 148 valence electrons. The fourth-order valence-electron chi connectivity index (χ4n) is 2.97. The molecule has 3 aromatic rings. The van der Waals surface area contributed by atoms with Crippen LogP contribution in [-0.2, 0) is 18.4 Å². The van der Waals surface area contributed by atoms with E-state index in [1.165, 1.54) is 0 Å². The highest BCUT2D eigenvalue weighted by molar-refractivity contribution is 7.90. The van der Waals surface area contributed by atoms with Crippen LogP contribution in [0.1, 0.15) is 45.1 Å². The molecule has 0 saturated heterocycles. The lowest BCUT2D eigenvalue weighted by Crippen LogP contribution is -2.40. The summed E-state index contributed by atoms with van der Waals surface area (Å²) in [7, 11) is 1.73. The summed E-state index contributed by atoms with van der Waals surface area (Å²) in [6.07, 6.45) is 0. The lowest BCUT2D eigenvalue weighted by atomic mass is 10.1. The maximum absolute atomic E-state index is 13.0. The Kier molecular flexibility index (Phi) is 5.61. The molecular weight excluding hydrogens is 372 g/mol. The van der Waals surface area contributed by atoms with Crippen molar-refractivity contribution in [1.29, 1.82) is 0 Å². The van der Waals surface area contributed by atoms with Crippen LogP contribution in [0.3, 0.4) is 0 Å². The summed E-state index contributed by atoms with van der Waals surface area (Å²) in [6, 6.07) is 11.0. The van der Waals surface area contributed by atoms with Gasteiger partial charge >= 0.3 is 0 Å². The lowest BCUT2D eigenvalue weighted by Gasteiger charge is -2.26. The predicted molar refractivity (Wildman–Crippen MR) is 114 cm³/mol. The van der Waals surface area contributed by atoms with Crippen molar-refractivity contribution in [1.82, 2.24) is 19.3 Å². The van der Waals surface area contributed by atoms with Crippen LogP contribution in [0.4, 0.5) is 0 Å². The van der Waals surface area contributed by atoms with Gasteiger partial charge < -0.3 is 4.55 Å². The minimum absolute atomic E-state index is 0.125. The zero-order valence-electron chi connectivity index (χ0n) is 17.1. The molecule has 3 rings (SSSR count). The minimum atomic E-state index is -1.27. The Balaban J connectivity index is 2.21. The third-order valence-electron chi connectivity index (χ3n) is 4.50. The summed E-state index contributed by atoms with van der Waals surface area (Å²) < 4.78 is 16.8. The Morgan fingerprint density at radius 3 is 2.43 bits per heavy atom. The smallest absolute Gasteiger partial charge is 0.261 e. The zero-order valence-corrected chi connectivity index (χ0v) is 17.9. The maximum atomic E-state index is 13.0. The monoisotopic (exact) mass is 398 g/mol. The Hall–Kier alpha value is -2.22. The molecule has 0 radical (unpaired) electrons. The Morgan fingerprint density at radius 2 is 1.82 bits per heavy atom. The normalized spacial score (nSPS) is 14.2. The summed E-state index contributed by atoms with van der Waals surface area (Å²) in [5.74, 6) is 0.578. The molecular formula is C21H26N4O2S. The van der Waals surface area contributed by atoms with E-state index in [4.69, 9.17) is 4.98 Å². The van der Waals surface area contributed by atoms with Gasteiger partial charge in [-0.2, -0.15) is 0 Å². The number of pyridine rings is 1. The molecule has 2 unspecified atom stereocenters. The van der Waals surface area contributed by atoms with Gasteiger partial charge in [-0.05, 0) is 40.7 Å². The highest BCUT2D eigenvalue weighted by Crippen LogP contribution is 2.25. The van der Waals surface area contributed by atoms with E-state index in [2.05, 4.69) is 9.71 Å². The lowest BCUT2D eigenvalue weighted by molar-refractivity contribution is 0.529. The predicted octanol–water partition coefficient (Wildman–Crippen LogP) is 3.42. The van der Waals surface area contributed by atoms with Gasteiger partial charge in [0.1, 0.15) is 16.1 Å². The Morgan fingerprint density at radius 1 is 1.18 bits per heavy atom. The number of aryl methyl sites for hydroxylation is 1. The third-order valence-corrected chi connectivity index (χ3v) is 6.18. The average Bonchev–Trinajstić information content (AvgIpc) is 2.64. The number of rotatable bonds is 4. The van der Waals surface area contributed by atoms with Crippen molar-refractivity contribution < 1.29 is 4.55 Å². The highest BCUT2D eigenvalue weighted by Gasteiger charge is 2.30. The summed E-state index contributed by atoms with van der Waals surface area (Å²) in [5.41, 5.74) is 2.62. The van der Waals surface area contributed by atoms with Crippen LogP contribution in [0.15, 0.2) is 41.2 Å². The van der Waals surface area contributed by atoms with Gasteiger partial charge in [-0.15, -0.1) is 4.72 Å². The number of hydrogen-bond acceptors (Lipinski definition) is 5. The summed E-state index contributed by atoms with van der Waals surface area (Å²) >= 11 is -1.27. The average molecular weight is 399 g/mol.